The van der Waals surface area contributed by atoms with Crippen molar-refractivity contribution in [2.45, 2.75) is 51.1 Å². The molecule has 98 valence electrons. The minimum Gasteiger partial charge on any atom is -0.367 e. The monoisotopic (exact) mass is 245 g/mol. The van der Waals surface area contributed by atoms with E-state index in [-0.39, 0.29) is 0 Å². The van der Waals surface area contributed by atoms with E-state index in [4.69, 9.17) is 0 Å². The van der Waals surface area contributed by atoms with E-state index in [1.807, 2.05) is 12.4 Å². The molecule has 1 aromatic heterocycles. The highest BCUT2D eigenvalue weighted by atomic mass is 15.2. The summed E-state index contributed by atoms with van der Waals surface area (Å²) in [5.74, 6) is 0. The van der Waals surface area contributed by atoms with E-state index in [9.17, 15) is 0 Å². The van der Waals surface area contributed by atoms with Crippen LogP contribution < -0.4 is 10.2 Å². The van der Waals surface area contributed by atoms with Crippen molar-refractivity contribution in [2.75, 3.05) is 18.0 Å². The van der Waals surface area contributed by atoms with Gasteiger partial charge in [-0.1, -0.05) is 6.42 Å². The molecule has 3 heteroatoms. The molecular formula is C15H23N3. The zero-order valence-electron chi connectivity index (χ0n) is 11.2. The van der Waals surface area contributed by atoms with E-state index in [0.717, 1.165) is 12.6 Å². The summed E-state index contributed by atoms with van der Waals surface area (Å²) in [4.78, 5) is 6.82. The molecule has 2 fully saturated rings. The van der Waals surface area contributed by atoms with Crippen LogP contribution in [0.2, 0.25) is 0 Å². The lowest BCUT2D eigenvalue weighted by molar-refractivity contribution is 0.398. The van der Waals surface area contributed by atoms with Gasteiger partial charge in [-0.15, -0.1) is 0 Å². The van der Waals surface area contributed by atoms with Crippen LogP contribution in [0.25, 0.3) is 0 Å². The average molecular weight is 245 g/mol. The Kier molecular flexibility index (Phi) is 3.50. The van der Waals surface area contributed by atoms with Crippen molar-refractivity contribution in [1.29, 1.82) is 0 Å². The molecular weight excluding hydrogens is 222 g/mol. The Morgan fingerprint density at radius 2 is 2.22 bits per heavy atom. The summed E-state index contributed by atoms with van der Waals surface area (Å²) in [7, 11) is 0. The lowest BCUT2D eigenvalue weighted by atomic mass is 10.0. The Balaban J connectivity index is 1.73. The SMILES string of the molecule is Cc1cnccc1N(CC1CCCCN1)C1CC1. The van der Waals surface area contributed by atoms with E-state index in [2.05, 4.69) is 28.2 Å². The number of anilines is 1. The van der Waals surface area contributed by atoms with Gasteiger partial charge in [-0.05, 0) is 50.8 Å². The molecule has 3 nitrogen and oxygen atoms in total. The second-order valence-electron chi connectivity index (χ2n) is 5.69. The summed E-state index contributed by atoms with van der Waals surface area (Å²) in [5, 5.41) is 3.66. The van der Waals surface area contributed by atoms with Crippen LogP contribution in [-0.2, 0) is 0 Å². The van der Waals surface area contributed by atoms with Crippen LogP contribution in [0.3, 0.4) is 0 Å². The standard InChI is InChI=1S/C15H23N3/c1-12-10-16-9-7-15(12)18(14-5-6-14)11-13-4-2-3-8-17-13/h7,9-10,13-14,17H,2-6,8,11H2,1H3. The largest absolute Gasteiger partial charge is 0.367 e. The molecule has 0 amide bonds. The maximum absolute atomic E-state index is 4.21. The van der Waals surface area contributed by atoms with E-state index in [0.29, 0.717) is 6.04 Å². The number of hydrogen-bond acceptors (Lipinski definition) is 3. The minimum absolute atomic E-state index is 0.673. The van der Waals surface area contributed by atoms with Gasteiger partial charge in [0.1, 0.15) is 0 Å². The maximum Gasteiger partial charge on any atom is 0.0429 e. The molecule has 0 spiro atoms. The highest BCUT2D eigenvalue weighted by molar-refractivity contribution is 5.53. The molecule has 2 heterocycles. The number of rotatable bonds is 4. The van der Waals surface area contributed by atoms with Crippen LogP contribution in [0, 0.1) is 6.92 Å². The Bertz CT molecular complexity index is 394. The quantitative estimate of drug-likeness (QED) is 0.883. The molecule has 0 radical (unpaired) electrons. The third-order valence-electron chi connectivity index (χ3n) is 4.12. The fourth-order valence-corrected chi connectivity index (χ4v) is 2.94. The first kappa shape index (κ1) is 12.0. The van der Waals surface area contributed by atoms with E-state index in [1.165, 1.54) is 49.9 Å². The van der Waals surface area contributed by atoms with Gasteiger partial charge in [0.05, 0.1) is 0 Å². The van der Waals surface area contributed by atoms with Gasteiger partial charge in [-0.25, -0.2) is 0 Å². The fraction of sp³-hybridized carbons (Fsp3) is 0.667. The average Bonchev–Trinajstić information content (AvgIpc) is 3.23. The van der Waals surface area contributed by atoms with Crippen LogP contribution in [0.4, 0.5) is 5.69 Å². The molecule has 1 saturated heterocycles. The molecule has 0 bridgehead atoms. The number of nitrogens with zero attached hydrogens (tertiary/aromatic N) is 2. The van der Waals surface area contributed by atoms with Crippen molar-refractivity contribution in [3.8, 4) is 0 Å². The summed E-state index contributed by atoms with van der Waals surface area (Å²) >= 11 is 0. The number of pyridine rings is 1. The second-order valence-corrected chi connectivity index (χ2v) is 5.69. The Morgan fingerprint density at radius 1 is 1.33 bits per heavy atom. The summed E-state index contributed by atoms with van der Waals surface area (Å²) in [5.41, 5.74) is 2.69. The number of aromatic nitrogens is 1. The maximum atomic E-state index is 4.21. The van der Waals surface area contributed by atoms with E-state index in [1.54, 1.807) is 0 Å². The van der Waals surface area contributed by atoms with Crippen molar-refractivity contribution in [2.24, 2.45) is 0 Å². The van der Waals surface area contributed by atoms with Crippen molar-refractivity contribution < 1.29 is 0 Å². The van der Waals surface area contributed by atoms with Gasteiger partial charge in [0.15, 0.2) is 0 Å². The van der Waals surface area contributed by atoms with Crippen LogP contribution in [0.5, 0.6) is 0 Å². The predicted molar refractivity (Wildman–Crippen MR) is 75.0 cm³/mol. The van der Waals surface area contributed by atoms with Gasteiger partial charge in [-0.2, -0.15) is 0 Å². The molecule has 18 heavy (non-hydrogen) atoms. The zero-order valence-corrected chi connectivity index (χ0v) is 11.2. The Labute approximate surface area is 110 Å². The van der Waals surface area contributed by atoms with Crippen LogP contribution in [0.1, 0.15) is 37.7 Å². The van der Waals surface area contributed by atoms with Crippen molar-refractivity contribution >= 4 is 5.69 Å². The van der Waals surface area contributed by atoms with Gasteiger partial charge < -0.3 is 10.2 Å². The fourth-order valence-electron chi connectivity index (χ4n) is 2.94. The Hall–Kier alpha value is -1.09. The van der Waals surface area contributed by atoms with E-state index < -0.39 is 0 Å². The molecule has 1 aromatic rings. The molecule has 1 atom stereocenters. The van der Waals surface area contributed by atoms with E-state index >= 15 is 0 Å². The highest BCUT2D eigenvalue weighted by Gasteiger charge is 2.31. The topological polar surface area (TPSA) is 28.2 Å². The number of aryl methyl sites for hydroxylation is 1. The smallest absolute Gasteiger partial charge is 0.0429 e. The first-order valence-electron chi connectivity index (χ1n) is 7.25. The second kappa shape index (κ2) is 5.27. The van der Waals surface area contributed by atoms with Crippen molar-refractivity contribution in [1.82, 2.24) is 10.3 Å². The predicted octanol–water partition coefficient (Wildman–Crippen LogP) is 2.50. The van der Waals surface area contributed by atoms with Gasteiger partial charge in [0, 0.05) is 36.7 Å². The first-order valence-corrected chi connectivity index (χ1v) is 7.25. The van der Waals surface area contributed by atoms with Crippen LogP contribution >= 0.6 is 0 Å². The van der Waals surface area contributed by atoms with Gasteiger partial charge >= 0.3 is 0 Å². The third kappa shape index (κ3) is 2.66. The lowest BCUT2D eigenvalue weighted by Gasteiger charge is -2.33. The molecule has 3 rings (SSSR count). The number of hydrogen-bond donors (Lipinski definition) is 1. The first-order chi connectivity index (χ1) is 8.84. The number of nitrogens with one attached hydrogen (secondary N) is 1. The normalized spacial score (nSPS) is 23.9. The lowest BCUT2D eigenvalue weighted by Crippen LogP contribution is -2.44. The summed E-state index contributed by atoms with van der Waals surface area (Å²) < 4.78 is 0. The number of piperidine rings is 1. The molecule has 1 saturated carbocycles. The van der Waals surface area contributed by atoms with Crippen molar-refractivity contribution in [3.05, 3.63) is 24.0 Å². The minimum atomic E-state index is 0.673. The van der Waals surface area contributed by atoms with Gasteiger partial charge in [-0.3, -0.25) is 4.98 Å². The van der Waals surface area contributed by atoms with Crippen LogP contribution in [0.15, 0.2) is 18.5 Å². The Morgan fingerprint density at radius 3 is 2.89 bits per heavy atom. The highest BCUT2D eigenvalue weighted by Crippen LogP contribution is 2.33. The summed E-state index contributed by atoms with van der Waals surface area (Å²) in [6, 6.07) is 3.62. The van der Waals surface area contributed by atoms with Crippen molar-refractivity contribution in [3.63, 3.8) is 0 Å². The van der Waals surface area contributed by atoms with Gasteiger partial charge in [0.2, 0.25) is 0 Å². The zero-order chi connectivity index (χ0) is 12.4. The molecule has 0 aromatic carbocycles. The molecule has 1 aliphatic carbocycles. The van der Waals surface area contributed by atoms with Crippen LogP contribution in [-0.4, -0.2) is 30.2 Å². The van der Waals surface area contributed by atoms with Gasteiger partial charge in [0.25, 0.3) is 0 Å². The molecule has 2 aliphatic rings. The molecule has 1 unspecified atom stereocenters. The molecule has 1 aliphatic heterocycles. The summed E-state index contributed by atoms with van der Waals surface area (Å²) in [6.45, 7) is 4.53. The summed E-state index contributed by atoms with van der Waals surface area (Å²) in [6.07, 6.45) is 10.7. The molecule has 1 N–H and O–H groups in total. The third-order valence-corrected chi connectivity index (χ3v) is 4.12.